The first-order valence-electron chi connectivity index (χ1n) is 6.68. The highest BCUT2D eigenvalue weighted by Gasteiger charge is 2.07. The fourth-order valence-corrected chi connectivity index (χ4v) is 1.90. The third kappa shape index (κ3) is 6.36. The third-order valence-electron chi connectivity index (χ3n) is 2.86. The van der Waals surface area contributed by atoms with E-state index in [2.05, 4.69) is 19.2 Å². The summed E-state index contributed by atoms with van der Waals surface area (Å²) >= 11 is 0. The van der Waals surface area contributed by atoms with Gasteiger partial charge in [-0.2, -0.15) is 0 Å². The van der Waals surface area contributed by atoms with Crippen molar-refractivity contribution in [3.8, 4) is 0 Å². The molecule has 19 heavy (non-hydrogen) atoms. The number of hydrogen-bond donors (Lipinski definition) is 3. The van der Waals surface area contributed by atoms with Crippen LogP contribution in [-0.2, 0) is 11.2 Å². The van der Waals surface area contributed by atoms with Crippen LogP contribution < -0.4 is 5.32 Å². The van der Waals surface area contributed by atoms with Crippen molar-refractivity contribution in [2.24, 2.45) is 5.92 Å². The van der Waals surface area contributed by atoms with E-state index < -0.39 is 12.1 Å². The Bertz CT molecular complexity index is 387. The van der Waals surface area contributed by atoms with Crippen molar-refractivity contribution in [1.29, 1.82) is 0 Å². The Labute approximate surface area is 114 Å². The predicted molar refractivity (Wildman–Crippen MR) is 75.1 cm³/mol. The fourth-order valence-electron chi connectivity index (χ4n) is 1.90. The second-order valence-corrected chi connectivity index (χ2v) is 5.20. The van der Waals surface area contributed by atoms with Crippen LogP contribution >= 0.6 is 0 Å². The quantitative estimate of drug-likeness (QED) is 0.629. The molecule has 0 heterocycles. The van der Waals surface area contributed by atoms with Crippen LogP contribution in [0, 0.1) is 5.92 Å². The first kappa shape index (κ1) is 15.7. The lowest BCUT2D eigenvalue weighted by Crippen LogP contribution is -2.24. The molecule has 3 N–H and O–H groups in total. The molecule has 0 aliphatic carbocycles. The molecule has 0 bridgehead atoms. The standard InChI is InChI=1S/C15H23NO3/c1-11(2)9-12-3-5-13(6-4-12)14(17)10-16-8-7-15(18)19/h3-6,11,14,16-17H,7-10H2,1-2H3,(H,18,19). The Morgan fingerprint density at radius 3 is 2.42 bits per heavy atom. The number of nitrogens with one attached hydrogen (secondary N) is 1. The topological polar surface area (TPSA) is 69.6 Å². The van der Waals surface area contributed by atoms with E-state index in [1.165, 1.54) is 5.56 Å². The Kier molecular flexibility index (Phi) is 6.53. The molecule has 1 aromatic carbocycles. The van der Waals surface area contributed by atoms with Crippen molar-refractivity contribution in [3.63, 3.8) is 0 Å². The van der Waals surface area contributed by atoms with Gasteiger partial charge in [-0.15, -0.1) is 0 Å². The largest absolute Gasteiger partial charge is 0.481 e. The lowest BCUT2D eigenvalue weighted by Gasteiger charge is -2.13. The van der Waals surface area contributed by atoms with Gasteiger partial charge in [0.1, 0.15) is 0 Å². The second kappa shape index (κ2) is 7.92. The van der Waals surface area contributed by atoms with Gasteiger partial charge in [0.2, 0.25) is 0 Å². The van der Waals surface area contributed by atoms with Gasteiger partial charge in [0, 0.05) is 13.1 Å². The molecule has 0 spiro atoms. The zero-order valence-corrected chi connectivity index (χ0v) is 11.6. The predicted octanol–water partition coefficient (Wildman–Crippen LogP) is 1.98. The van der Waals surface area contributed by atoms with Gasteiger partial charge in [0.05, 0.1) is 12.5 Å². The molecule has 0 radical (unpaired) electrons. The van der Waals surface area contributed by atoms with E-state index in [1.807, 2.05) is 24.3 Å². The molecule has 106 valence electrons. The van der Waals surface area contributed by atoms with Crippen LogP contribution in [0.5, 0.6) is 0 Å². The number of rotatable bonds is 8. The molecule has 4 nitrogen and oxygen atoms in total. The molecular formula is C15H23NO3. The van der Waals surface area contributed by atoms with Crippen molar-refractivity contribution in [2.75, 3.05) is 13.1 Å². The Morgan fingerprint density at radius 1 is 1.26 bits per heavy atom. The Hall–Kier alpha value is -1.39. The number of aliphatic hydroxyl groups excluding tert-OH is 1. The summed E-state index contributed by atoms with van der Waals surface area (Å²) in [6.07, 6.45) is 0.509. The maximum Gasteiger partial charge on any atom is 0.304 e. The number of benzene rings is 1. The lowest BCUT2D eigenvalue weighted by molar-refractivity contribution is -0.136. The maximum absolute atomic E-state index is 10.3. The first-order valence-corrected chi connectivity index (χ1v) is 6.68. The first-order chi connectivity index (χ1) is 8.99. The lowest BCUT2D eigenvalue weighted by atomic mass is 10.0. The van der Waals surface area contributed by atoms with Crippen molar-refractivity contribution in [2.45, 2.75) is 32.8 Å². The SMILES string of the molecule is CC(C)Cc1ccc(C(O)CNCCC(=O)O)cc1. The van der Waals surface area contributed by atoms with Gasteiger partial charge in [-0.05, 0) is 23.5 Å². The molecule has 0 saturated carbocycles. The van der Waals surface area contributed by atoms with Gasteiger partial charge in [-0.3, -0.25) is 4.79 Å². The molecule has 0 aliphatic rings. The average molecular weight is 265 g/mol. The number of carboxylic acid groups (broad SMARTS) is 1. The molecule has 0 fully saturated rings. The summed E-state index contributed by atoms with van der Waals surface area (Å²) < 4.78 is 0. The summed E-state index contributed by atoms with van der Waals surface area (Å²) in [6.45, 7) is 5.10. The summed E-state index contributed by atoms with van der Waals surface area (Å²) in [6, 6.07) is 7.94. The third-order valence-corrected chi connectivity index (χ3v) is 2.86. The molecule has 0 aliphatic heterocycles. The highest BCUT2D eigenvalue weighted by molar-refractivity contribution is 5.66. The van der Waals surface area contributed by atoms with E-state index in [4.69, 9.17) is 5.11 Å². The van der Waals surface area contributed by atoms with Crippen LogP contribution in [0.3, 0.4) is 0 Å². The van der Waals surface area contributed by atoms with Gasteiger partial charge in [0.25, 0.3) is 0 Å². The van der Waals surface area contributed by atoms with E-state index in [0.717, 1.165) is 12.0 Å². The number of carbonyl (C=O) groups is 1. The van der Waals surface area contributed by atoms with E-state index in [0.29, 0.717) is 19.0 Å². The molecule has 0 aromatic heterocycles. The summed E-state index contributed by atoms with van der Waals surface area (Å²) in [5.74, 6) is -0.214. The summed E-state index contributed by atoms with van der Waals surface area (Å²) in [5.41, 5.74) is 2.13. The normalized spacial score (nSPS) is 12.6. The second-order valence-electron chi connectivity index (χ2n) is 5.20. The van der Waals surface area contributed by atoms with Crippen molar-refractivity contribution in [3.05, 3.63) is 35.4 Å². The molecular weight excluding hydrogens is 242 g/mol. The molecule has 1 aromatic rings. The number of aliphatic carboxylic acids is 1. The van der Waals surface area contributed by atoms with Gasteiger partial charge in [-0.25, -0.2) is 0 Å². The average Bonchev–Trinajstić information content (AvgIpc) is 2.34. The molecule has 0 amide bonds. The molecule has 4 heteroatoms. The van der Waals surface area contributed by atoms with Crippen LogP contribution in [-0.4, -0.2) is 29.3 Å². The van der Waals surface area contributed by atoms with Crippen molar-refractivity contribution in [1.82, 2.24) is 5.32 Å². The van der Waals surface area contributed by atoms with E-state index in [-0.39, 0.29) is 6.42 Å². The highest BCUT2D eigenvalue weighted by Crippen LogP contribution is 2.15. The zero-order chi connectivity index (χ0) is 14.3. The zero-order valence-electron chi connectivity index (χ0n) is 11.6. The van der Waals surface area contributed by atoms with Crippen molar-refractivity contribution >= 4 is 5.97 Å². The smallest absolute Gasteiger partial charge is 0.304 e. The monoisotopic (exact) mass is 265 g/mol. The van der Waals surface area contributed by atoms with Crippen LogP contribution in [0.4, 0.5) is 0 Å². The summed E-state index contributed by atoms with van der Waals surface area (Å²) in [4.78, 5) is 10.3. The number of hydrogen-bond acceptors (Lipinski definition) is 3. The highest BCUT2D eigenvalue weighted by atomic mass is 16.4. The minimum absolute atomic E-state index is 0.0695. The van der Waals surface area contributed by atoms with E-state index in [1.54, 1.807) is 0 Å². The molecule has 1 rings (SSSR count). The summed E-state index contributed by atoms with van der Waals surface area (Å²) in [7, 11) is 0. The van der Waals surface area contributed by atoms with Gasteiger partial charge in [0.15, 0.2) is 0 Å². The minimum atomic E-state index is -0.833. The van der Waals surface area contributed by atoms with Crippen LogP contribution in [0.2, 0.25) is 0 Å². The van der Waals surface area contributed by atoms with Crippen LogP contribution in [0.1, 0.15) is 37.5 Å². The van der Waals surface area contributed by atoms with E-state index in [9.17, 15) is 9.90 Å². The van der Waals surface area contributed by atoms with Gasteiger partial charge < -0.3 is 15.5 Å². The van der Waals surface area contributed by atoms with Crippen molar-refractivity contribution < 1.29 is 15.0 Å². The number of carboxylic acids is 1. The minimum Gasteiger partial charge on any atom is -0.481 e. The number of aliphatic hydroxyl groups is 1. The Morgan fingerprint density at radius 2 is 1.89 bits per heavy atom. The van der Waals surface area contributed by atoms with Gasteiger partial charge in [-0.1, -0.05) is 38.1 Å². The van der Waals surface area contributed by atoms with E-state index >= 15 is 0 Å². The van der Waals surface area contributed by atoms with Gasteiger partial charge >= 0.3 is 5.97 Å². The van der Waals surface area contributed by atoms with Crippen LogP contribution in [0.25, 0.3) is 0 Å². The molecule has 0 saturated heterocycles. The Balaban J connectivity index is 2.39. The molecule has 1 unspecified atom stereocenters. The summed E-state index contributed by atoms with van der Waals surface area (Å²) in [5, 5.41) is 21.4. The molecule has 1 atom stereocenters. The maximum atomic E-state index is 10.3. The van der Waals surface area contributed by atoms with Crippen LogP contribution in [0.15, 0.2) is 24.3 Å². The fraction of sp³-hybridized carbons (Fsp3) is 0.533.